The van der Waals surface area contributed by atoms with Crippen LogP contribution >= 0.6 is 0 Å². The zero-order valence-electron chi connectivity index (χ0n) is 13.0. The Kier molecular flexibility index (Phi) is 8.54. The summed E-state index contributed by atoms with van der Waals surface area (Å²) in [7, 11) is 0. The fraction of sp³-hybridized carbons (Fsp3) is 0.611. The van der Waals surface area contributed by atoms with Crippen LogP contribution in [0.3, 0.4) is 0 Å². The number of unbranched alkanes of at least 4 members (excludes halogenated alkanes) is 7. The number of benzene rings is 1. The van der Waals surface area contributed by atoms with E-state index in [4.69, 9.17) is 5.26 Å². The van der Waals surface area contributed by atoms with Gasteiger partial charge < -0.3 is 5.32 Å². The molecule has 0 atom stereocenters. The summed E-state index contributed by atoms with van der Waals surface area (Å²) in [5.74, 6) is 0. The van der Waals surface area contributed by atoms with E-state index in [0.29, 0.717) is 0 Å². The quantitative estimate of drug-likeness (QED) is 0.577. The molecule has 1 N–H and O–H groups in total. The largest absolute Gasteiger partial charge is 0.384 e. The third kappa shape index (κ3) is 6.10. The Morgan fingerprint density at radius 2 is 1.65 bits per heavy atom. The molecule has 0 unspecified atom stereocenters. The van der Waals surface area contributed by atoms with E-state index in [1.54, 1.807) is 0 Å². The van der Waals surface area contributed by atoms with Gasteiger partial charge in [0.15, 0.2) is 0 Å². The lowest BCUT2D eigenvalue weighted by Gasteiger charge is -2.09. The summed E-state index contributed by atoms with van der Waals surface area (Å²) in [6.07, 6.45) is 10.7. The third-order valence-electron chi connectivity index (χ3n) is 3.73. The first kappa shape index (κ1) is 16.6. The normalized spacial score (nSPS) is 10.2. The lowest BCUT2D eigenvalue weighted by molar-refractivity contribution is 0.581. The zero-order chi connectivity index (χ0) is 14.6. The van der Waals surface area contributed by atoms with Crippen LogP contribution in [0.25, 0.3) is 0 Å². The molecule has 1 aromatic rings. The number of aryl methyl sites for hydroxylation is 1. The van der Waals surface area contributed by atoms with E-state index in [1.165, 1.54) is 51.4 Å². The van der Waals surface area contributed by atoms with Gasteiger partial charge in [0.2, 0.25) is 0 Å². The first-order valence-electron chi connectivity index (χ1n) is 8.03. The molecule has 0 fully saturated rings. The van der Waals surface area contributed by atoms with Gasteiger partial charge in [0.25, 0.3) is 0 Å². The highest BCUT2D eigenvalue weighted by molar-refractivity contribution is 5.60. The van der Waals surface area contributed by atoms with E-state index in [2.05, 4.69) is 18.3 Å². The van der Waals surface area contributed by atoms with Gasteiger partial charge in [-0.1, -0.05) is 64.0 Å². The highest BCUT2D eigenvalue weighted by atomic mass is 14.9. The highest BCUT2D eigenvalue weighted by Crippen LogP contribution is 2.18. The summed E-state index contributed by atoms with van der Waals surface area (Å²) in [6.45, 7) is 5.21. The first-order chi connectivity index (χ1) is 9.79. The number of nitriles is 1. The van der Waals surface area contributed by atoms with Gasteiger partial charge in [-0.2, -0.15) is 5.26 Å². The lowest BCUT2D eigenvalue weighted by Crippen LogP contribution is -2.04. The molecule has 1 aromatic carbocycles. The maximum atomic E-state index is 9.15. The summed E-state index contributed by atoms with van der Waals surface area (Å²) in [5.41, 5.74) is 2.82. The molecule has 0 bridgehead atoms. The Bertz CT molecular complexity index is 418. The van der Waals surface area contributed by atoms with Crippen molar-refractivity contribution in [2.45, 2.75) is 65.2 Å². The van der Waals surface area contributed by atoms with E-state index >= 15 is 0 Å². The minimum atomic E-state index is 0.784. The van der Waals surface area contributed by atoms with Gasteiger partial charge in [-0.3, -0.25) is 0 Å². The predicted molar refractivity (Wildman–Crippen MR) is 87.0 cm³/mol. The molecule has 110 valence electrons. The summed E-state index contributed by atoms with van der Waals surface area (Å²) < 4.78 is 0. The second-order valence-electron chi connectivity index (χ2n) is 5.51. The van der Waals surface area contributed by atoms with Gasteiger partial charge in [-0.15, -0.1) is 0 Å². The molecule has 0 aliphatic rings. The van der Waals surface area contributed by atoms with Crippen molar-refractivity contribution in [2.24, 2.45) is 0 Å². The van der Waals surface area contributed by atoms with Crippen molar-refractivity contribution in [3.8, 4) is 6.07 Å². The Labute approximate surface area is 124 Å². The molecule has 0 spiro atoms. The smallest absolute Gasteiger partial charge is 0.102 e. The van der Waals surface area contributed by atoms with Crippen molar-refractivity contribution < 1.29 is 0 Å². The van der Waals surface area contributed by atoms with Crippen LogP contribution in [-0.2, 0) is 0 Å². The van der Waals surface area contributed by atoms with Gasteiger partial charge in [0.05, 0.1) is 11.3 Å². The van der Waals surface area contributed by atoms with Gasteiger partial charge >= 0.3 is 0 Å². The number of rotatable bonds is 10. The molecule has 2 heteroatoms. The molecular formula is C18H28N2. The van der Waals surface area contributed by atoms with Crippen LogP contribution in [0, 0.1) is 18.3 Å². The molecule has 20 heavy (non-hydrogen) atoms. The third-order valence-corrected chi connectivity index (χ3v) is 3.73. The second kappa shape index (κ2) is 10.3. The molecular weight excluding hydrogens is 244 g/mol. The number of hydrogen-bond acceptors (Lipinski definition) is 2. The van der Waals surface area contributed by atoms with Crippen LogP contribution < -0.4 is 5.32 Å². The molecule has 0 heterocycles. The van der Waals surface area contributed by atoms with Crippen molar-refractivity contribution >= 4 is 5.69 Å². The van der Waals surface area contributed by atoms with Crippen LogP contribution in [-0.4, -0.2) is 6.54 Å². The molecule has 0 saturated carbocycles. The fourth-order valence-corrected chi connectivity index (χ4v) is 2.45. The average Bonchev–Trinajstić information content (AvgIpc) is 2.45. The topological polar surface area (TPSA) is 35.8 Å². The number of nitrogens with one attached hydrogen (secondary N) is 1. The van der Waals surface area contributed by atoms with Gasteiger partial charge in [-0.05, 0) is 25.0 Å². The molecule has 0 saturated heterocycles. The Morgan fingerprint density at radius 1 is 1.00 bits per heavy atom. The van der Waals surface area contributed by atoms with E-state index in [-0.39, 0.29) is 0 Å². The van der Waals surface area contributed by atoms with E-state index in [0.717, 1.165) is 23.4 Å². The minimum Gasteiger partial charge on any atom is -0.384 e. The number of hydrogen-bond donors (Lipinski definition) is 1. The van der Waals surface area contributed by atoms with Gasteiger partial charge in [0, 0.05) is 6.54 Å². The lowest BCUT2D eigenvalue weighted by atomic mass is 10.1. The van der Waals surface area contributed by atoms with Gasteiger partial charge in [-0.25, -0.2) is 0 Å². The molecule has 0 aliphatic carbocycles. The van der Waals surface area contributed by atoms with E-state index in [1.807, 2.05) is 25.1 Å². The average molecular weight is 272 g/mol. The van der Waals surface area contributed by atoms with Crippen molar-refractivity contribution in [1.29, 1.82) is 5.26 Å². The predicted octanol–water partition coefficient (Wildman–Crippen LogP) is 5.42. The summed E-state index contributed by atoms with van der Waals surface area (Å²) >= 11 is 0. The molecule has 2 nitrogen and oxygen atoms in total. The fourth-order valence-electron chi connectivity index (χ4n) is 2.45. The summed E-state index contributed by atoms with van der Waals surface area (Å²) in [5, 5.41) is 12.5. The van der Waals surface area contributed by atoms with Crippen molar-refractivity contribution in [3.05, 3.63) is 29.3 Å². The van der Waals surface area contributed by atoms with Crippen LogP contribution in [0.2, 0.25) is 0 Å². The molecule has 0 aromatic heterocycles. The van der Waals surface area contributed by atoms with Crippen molar-refractivity contribution in [1.82, 2.24) is 0 Å². The van der Waals surface area contributed by atoms with E-state index in [9.17, 15) is 0 Å². The molecule has 0 radical (unpaired) electrons. The zero-order valence-corrected chi connectivity index (χ0v) is 13.0. The summed E-state index contributed by atoms with van der Waals surface area (Å²) in [4.78, 5) is 0. The molecule has 0 aliphatic heterocycles. The van der Waals surface area contributed by atoms with Crippen molar-refractivity contribution in [3.63, 3.8) is 0 Å². The minimum absolute atomic E-state index is 0.784. The number of nitrogens with zero attached hydrogens (tertiary/aromatic N) is 1. The SMILES string of the molecule is CCCCCCCCCCNc1cccc(C)c1C#N. The standard InChI is InChI=1S/C18H28N2/c1-3-4-5-6-7-8-9-10-14-20-18-13-11-12-16(2)17(18)15-19/h11-13,20H,3-10,14H2,1-2H3. The Morgan fingerprint density at radius 3 is 2.30 bits per heavy atom. The van der Waals surface area contributed by atoms with Crippen LogP contribution in [0.15, 0.2) is 18.2 Å². The van der Waals surface area contributed by atoms with E-state index < -0.39 is 0 Å². The molecule has 0 amide bonds. The second-order valence-corrected chi connectivity index (χ2v) is 5.51. The molecule has 1 rings (SSSR count). The maximum Gasteiger partial charge on any atom is 0.102 e. The van der Waals surface area contributed by atoms with Gasteiger partial charge in [0.1, 0.15) is 6.07 Å². The highest BCUT2D eigenvalue weighted by Gasteiger charge is 2.03. The van der Waals surface area contributed by atoms with Crippen molar-refractivity contribution in [2.75, 3.05) is 11.9 Å². The Hall–Kier alpha value is -1.49. The monoisotopic (exact) mass is 272 g/mol. The van der Waals surface area contributed by atoms with Crippen LogP contribution in [0.1, 0.15) is 69.4 Å². The first-order valence-corrected chi connectivity index (χ1v) is 8.03. The van der Waals surface area contributed by atoms with Crippen LogP contribution in [0.4, 0.5) is 5.69 Å². The maximum absolute atomic E-state index is 9.15. The Balaban J connectivity index is 2.13. The summed E-state index contributed by atoms with van der Waals surface area (Å²) in [6, 6.07) is 8.27. The number of anilines is 1. The van der Waals surface area contributed by atoms with Crippen LogP contribution in [0.5, 0.6) is 0 Å².